The number of hydrogen-bond donors (Lipinski definition) is 0. The molecule has 0 spiro atoms. The van der Waals surface area contributed by atoms with Crippen molar-refractivity contribution in [3.8, 4) is 5.75 Å². The fourth-order valence-corrected chi connectivity index (χ4v) is 1.49. The Labute approximate surface area is 93.2 Å². The predicted molar refractivity (Wildman–Crippen MR) is 59.0 cm³/mol. The number of benzene rings is 1. The summed E-state index contributed by atoms with van der Waals surface area (Å²) in [6, 6.07) is 3.07. The van der Waals surface area contributed by atoms with E-state index in [2.05, 4.69) is 0 Å². The molecule has 0 saturated heterocycles. The highest BCUT2D eigenvalue weighted by atomic mass is 16.6. The predicted octanol–water partition coefficient (Wildman–Crippen LogP) is 2.37. The number of carbonyl (C=O) groups excluding carboxylic acids is 1. The second-order valence-corrected chi connectivity index (χ2v) is 3.36. The van der Waals surface area contributed by atoms with Crippen LogP contribution in [0.5, 0.6) is 5.75 Å². The molecule has 5 nitrogen and oxygen atoms in total. The van der Waals surface area contributed by atoms with Crippen LogP contribution in [0.4, 0.5) is 5.69 Å². The van der Waals surface area contributed by atoms with Gasteiger partial charge in [0.15, 0.2) is 5.78 Å². The highest BCUT2D eigenvalue weighted by Gasteiger charge is 2.22. The number of aryl methyl sites for hydroxylation is 1. The zero-order chi connectivity index (χ0) is 12.3. The molecule has 0 heterocycles. The maximum absolute atomic E-state index is 11.4. The summed E-state index contributed by atoms with van der Waals surface area (Å²) in [6.07, 6.45) is 0.630. The van der Waals surface area contributed by atoms with Gasteiger partial charge in [-0.2, -0.15) is 0 Å². The van der Waals surface area contributed by atoms with Crippen molar-refractivity contribution in [2.24, 2.45) is 0 Å². The standard InChI is InChI=1S/C11H13NO4/c1-4-8-5-9(7(2)13)11(16-3)10(6-8)12(14)15/h5-6H,4H2,1-3H3. The van der Waals surface area contributed by atoms with Gasteiger partial charge in [-0.1, -0.05) is 6.92 Å². The van der Waals surface area contributed by atoms with E-state index >= 15 is 0 Å². The van der Waals surface area contributed by atoms with Crippen LogP contribution in [0.25, 0.3) is 0 Å². The third-order valence-corrected chi connectivity index (χ3v) is 2.32. The molecule has 1 rings (SSSR count). The second kappa shape index (κ2) is 4.74. The number of rotatable bonds is 4. The van der Waals surface area contributed by atoms with Crippen molar-refractivity contribution in [1.82, 2.24) is 0 Å². The summed E-state index contributed by atoms with van der Waals surface area (Å²) in [5.74, 6) is -0.204. The zero-order valence-corrected chi connectivity index (χ0v) is 9.44. The molecular weight excluding hydrogens is 210 g/mol. The molecule has 0 aliphatic rings. The van der Waals surface area contributed by atoms with E-state index in [-0.39, 0.29) is 22.8 Å². The summed E-state index contributed by atoms with van der Waals surface area (Å²) in [5, 5.41) is 10.8. The van der Waals surface area contributed by atoms with Crippen molar-refractivity contribution in [2.75, 3.05) is 7.11 Å². The smallest absolute Gasteiger partial charge is 0.311 e. The Bertz CT molecular complexity index is 405. The van der Waals surface area contributed by atoms with Crippen LogP contribution >= 0.6 is 0 Å². The van der Waals surface area contributed by atoms with Crippen LogP contribution in [0.2, 0.25) is 0 Å². The van der Waals surface area contributed by atoms with Crippen molar-refractivity contribution in [3.63, 3.8) is 0 Å². The fourth-order valence-electron chi connectivity index (χ4n) is 1.49. The van der Waals surface area contributed by atoms with E-state index in [9.17, 15) is 14.9 Å². The van der Waals surface area contributed by atoms with Crippen LogP contribution in [-0.2, 0) is 6.42 Å². The molecule has 0 aliphatic carbocycles. The average molecular weight is 223 g/mol. The summed E-state index contributed by atoms with van der Waals surface area (Å²) in [6.45, 7) is 3.23. The monoisotopic (exact) mass is 223 g/mol. The Hall–Kier alpha value is -1.91. The Kier molecular flexibility index (Phi) is 3.60. The number of ketones is 1. The van der Waals surface area contributed by atoms with Crippen molar-refractivity contribution in [3.05, 3.63) is 33.4 Å². The van der Waals surface area contributed by atoms with Gasteiger partial charge < -0.3 is 4.74 Å². The number of nitro benzene ring substituents is 1. The third kappa shape index (κ3) is 2.18. The lowest BCUT2D eigenvalue weighted by atomic mass is 10.0. The van der Waals surface area contributed by atoms with Crippen LogP contribution in [0, 0.1) is 10.1 Å². The number of Topliss-reactive ketones (excluding diaryl/α,β-unsaturated/α-hetero) is 1. The third-order valence-electron chi connectivity index (χ3n) is 2.32. The van der Waals surface area contributed by atoms with Crippen LogP contribution in [-0.4, -0.2) is 17.8 Å². The molecule has 0 aromatic heterocycles. The van der Waals surface area contributed by atoms with E-state index in [0.29, 0.717) is 6.42 Å². The lowest BCUT2D eigenvalue weighted by molar-refractivity contribution is -0.385. The molecular formula is C11H13NO4. The molecule has 0 unspecified atom stereocenters. The van der Waals surface area contributed by atoms with Gasteiger partial charge in [-0.05, 0) is 25.0 Å². The minimum absolute atomic E-state index is 0.0368. The highest BCUT2D eigenvalue weighted by molar-refractivity contribution is 5.98. The number of nitrogens with zero attached hydrogens (tertiary/aromatic N) is 1. The first-order chi connectivity index (χ1) is 7.51. The maximum atomic E-state index is 11.4. The quantitative estimate of drug-likeness (QED) is 0.446. The van der Waals surface area contributed by atoms with Crippen LogP contribution in [0.1, 0.15) is 29.8 Å². The minimum Gasteiger partial charge on any atom is -0.490 e. The van der Waals surface area contributed by atoms with Gasteiger partial charge in [0.05, 0.1) is 17.6 Å². The van der Waals surface area contributed by atoms with Gasteiger partial charge in [0.2, 0.25) is 5.75 Å². The molecule has 0 N–H and O–H groups in total. The molecule has 0 saturated carbocycles. The summed E-state index contributed by atoms with van der Waals surface area (Å²) in [7, 11) is 1.32. The Balaban J connectivity index is 3.52. The number of hydrogen-bond acceptors (Lipinski definition) is 4. The van der Waals surface area contributed by atoms with Gasteiger partial charge in [0, 0.05) is 6.07 Å². The zero-order valence-electron chi connectivity index (χ0n) is 9.44. The van der Waals surface area contributed by atoms with E-state index in [4.69, 9.17) is 4.74 Å². The van der Waals surface area contributed by atoms with Gasteiger partial charge >= 0.3 is 5.69 Å². The average Bonchev–Trinajstić information content (AvgIpc) is 2.26. The molecule has 0 radical (unpaired) electrons. The lowest BCUT2D eigenvalue weighted by Crippen LogP contribution is -2.03. The highest BCUT2D eigenvalue weighted by Crippen LogP contribution is 2.32. The van der Waals surface area contributed by atoms with Crippen molar-refractivity contribution < 1.29 is 14.5 Å². The molecule has 0 atom stereocenters. The second-order valence-electron chi connectivity index (χ2n) is 3.36. The molecule has 86 valence electrons. The van der Waals surface area contributed by atoms with Crippen molar-refractivity contribution >= 4 is 11.5 Å². The number of nitro groups is 1. The molecule has 16 heavy (non-hydrogen) atoms. The topological polar surface area (TPSA) is 69.4 Å². The SMILES string of the molecule is CCc1cc(C(C)=O)c(OC)c([N+](=O)[O-])c1. The van der Waals surface area contributed by atoms with E-state index in [1.807, 2.05) is 6.92 Å². The van der Waals surface area contributed by atoms with Gasteiger partial charge in [-0.15, -0.1) is 0 Å². The van der Waals surface area contributed by atoms with Crippen molar-refractivity contribution in [2.45, 2.75) is 20.3 Å². The van der Waals surface area contributed by atoms with Gasteiger partial charge in [-0.3, -0.25) is 14.9 Å². The normalized spacial score (nSPS) is 9.94. The Morgan fingerprint density at radius 2 is 2.12 bits per heavy atom. The molecule has 0 fully saturated rings. The Morgan fingerprint density at radius 3 is 2.50 bits per heavy atom. The minimum atomic E-state index is -0.537. The van der Waals surface area contributed by atoms with Crippen LogP contribution in [0.15, 0.2) is 12.1 Å². The first kappa shape index (κ1) is 12.2. The van der Waals surface area contributed by atoms with Gasteiger partial charge in [0.25, 0.3) is 0 Å². The van der Waals surface area contributed by atoms with Crippen molar-refractivity contribution in [1.29, 1.82) is 0 Å². The number of ether oxygens (including phenoxy) is 1. The fraction of sp³-hybridized carbons (Fsp3) is 0.364. The van der Waals surface area contributed by atoms with Gasteiger partial charge in [-0.25, -0.2) is 0 Å². The van der Waals surface area contributed by atoms with E-state index in [1.54, 1.807) is 6.07 Å². The molecule has 1 aromatic carbocycles. The molecule has 0 amide bonds. The summed E-state index contributed by atoms with van der Waals surface area (Å²) >= 11 is 0. The van der Waals surface area contributed by atoms with Crippen LogP contribution < -0.4 is 4.74 Å². The summed E-state index contributed by atoms with van der Waals surface area (Å²) in [5.41, 5.74) is 0.846. The first-order valence-corrected chi connectivity index (χ1v) is 4.87. The van der Waals surface area contributed by atoms with E-state index in [1.165, 1.54) is 20.1 Å². The molecule has 5 heteroatoms. The van der Waals surface area contributed by atoms with E-state index in [0.717, 1.165) is 5.56 Å². The molecule has 0 aliphatic heterocycles. The first-order valence-electron chi connectivity index (χ1n) is 4.87. The van der Waals surface area contributed by atoms with E-state index < -0.39 is 4.92 Å². The number of methoxy groups -OCH3 is 1. The lowest BCUT2D eigenvalue weighted by Gasteiger charge is -2.08. The molecule has 1 aromatic rings. The van der Waals surface area contributed by atoms with Crippen LogP contribution in [0.3, 0.4) is 0 Å². The summed E-state index contributed by atoms with van der Waals surface area (Å²) < 4.78 is 4.94. The van der Waals surface area contributed by atoms with Gasteiger partial charge in [0.1, 0.15) is 0 Å². The largest absolute Gasteiger partial charge is 0.490 e. The molecule has 0 bridgehead atoms. The number of carbonyl (C=O) groups is 1. The summed E-state index contributed by atoms with van der Waals surface area (Å²) in [4.78, 5) is 21.7. The maximum Gasteiger partial charge on any atom is 0.311 e. The Morgan fingerprint density at radius 1 is 1.50 bits per heavy atom.